The van der Waals surface area contributed by atoms with Crippen LogP contribution in [-0.4, -0.2) is 16.1 Å². The van der Waals surface area contributed by atoms with E-state index in [9.17, 15) is 9.59 Å². The molecule has 4 heteroatoms. The van der Waals surface area contributed by atoms with Gasteiger partial charge in [0.15, 0.2) is 5.78 Å². The minimum absolute atomic E-state index is 0.158. The van der Waals surface area contributed by atoms with E-state index < -0.39 is 0 Å². The smallest absolute Gasteiger partial charge is 0.211 e. The number of nitrogen functional groups attached to an aromatic ring is 1. The summed E-state index contributed by atoms with van der Waals surface area (Å²) in [4.78, 5) is 27.9. The zero-order valence-corrected chi connectivity index (χ0v) is 18.2. The zero-order valence-electron chi connectivity index (χ0n) is 18.2. The first kappa shape index (κ1) is 19.9. The Hall–Kier alpha value is -4.70. The summed E-state index contributed by atoms with van der Waals surface area (Å²) < 4.78 is 1.87. The lowest BCUT2D eigenvalue weighted by molar-refractivity contribution is 0.0975. The predicted molar refractivity (Wildman–Crippen MR) is 134 cm³/mol. The third-order valence-corrected chi connectivity index (χ3v) is 6.32. The molecule has 0 amide bonds. The molecule has 2 N–H and O–H groups in total. The SMILES string of the molecule is Nc1ccccc1-n1c2c(c(-c3ccccc3)c1-c1ccccc1)C(=O)c1ccccc1C2=O. The number of nitrogens with zero attached hydrogens (tertiary/aromatic N) is 1. The van der Waals surface area contributed by atoms with Gasteiger partial charge in [0.1, 0.15) is 5.69 Å². The normalized spacial score (nSPS) is 12.4. The van der Waals surface area contributed by atoms with Crippen LogP contribution in [0.5, 0.6) is 0 Å². The van der Waals surface area contributed by atoms with Crippen LogP contribution >= 0.6 is 0 Å². The Balaban J connectivity index is 1.84. The van der Waals surface area contributed by atoms with Crippen LogP contribution in [-0.2, 0) is 0 Å². The second kappa shape index (κ2) is 7.71. The molecular formula is C30H20N2O2. The Morgan fingerprint density at radius 3 is 1.68 bits per heavy atom. The summed E-state index contributed by atoms with van der Waals surface area (Å²) in [6.07, 6.45) is 0. The number of carbonyl (C=O) groups is 2. The van der Waals surface area contributed by atoms with Gasteiger partial charge in [-0.2, -0.15) is 0 Å². The van der Waals surface area contributed by atoms with E-state index in [0.717, 1.165) is 22.4 Å². The summed E-state index contributed by atoms with van der Waals surface area (Å²) in [5, 5.41) is 0. The molecule has 0 aliphatic heterocycles. The van der Waals surface area contributed by atoms with Crippen molar-refractivity contribution >= 4 is 17.3 Å². The van der Waals surface area contributed by atoms with Crippen molar-refractivity contribution in [3.8, 4) is 28.1 Å². The number of benzene rings is 4. The highest BCUT2D eigenvalue weighted by atomic mass is 16.1. The molecule has 1 aromatic heterocycles. The maximum Gasteiger partial charge on any atom is 0.211 e. The Morgan fingerprint density at radius 2 is 1.03 bits per heavy atom. The number of hydrogen-bond donors (Lipinski definition) is 1. The summed E-state index contributed by atoms with van der Waals surface area (Å²) in [6, 6.07) is 34.0. The molecule has 6 rings (SSSR count). The Bertz CT molecular complexity index is 1580. The first-order chi connectivity index (χ1) is 16.7. The summed E-state index contributed by atoms with van der Waals surface area (Å²) in [6.45, 7) is 0. The van der Waals surface area contributed by atoms with E-state index in [1.807, 2.05) is 89.5 Å². The molecule has 0 radical (unpaired) electrons. The van der Waals surface area contributed by atoms with Gasteiger partial charge in [0.25, 0.3) is 0 Å². The van der Waals surface area contributed by atoms with E-state index >= 15 is 0 Å². The van der Waals surface area contributed by atoms with Crippen LogP contribution in [0.1, 0.15) is 32.0 Å². The molecule has 4 nitrogen and oxygen atoms in total. The van der Waals surface area contributed by atoms with E-state index in [1.54, 1.807) is 24.3 Å². The first-order valence-electron chi connectivity index (χ1n) is 11.1. The van der Waals surface area contributed by atoms with Gasteiger partial charge < -0.3 is 10.3 Å². The van der Waals surface area contributed by atoms with Crippen LogP contribution in [0, 0.1) is 0 Å². The number of hydrogen-bond acceptors (Lipinski definition) is 3. The van der Waals surface area contributed by atoms with Gasteiger partial charge in [-0.25, -0.2) is 0 Å². The number of nitrogens with two attached hydrogens (primary N) is 1. The number of fused-ring (bicyclic) bond motifs is 2. The maximum absolute atomic E-state index is 14.0. The van der Waals surface area contributed by atoms with Gasteiger partial charge in [-0.3, -0.25) is 9.59 Å². The predicted octanol–water partition coefficient (Wildman–Crippen LogP) is 6.17. The van der Waals surface area contributed by atoms with Crippen molar-refractivity contribution < 1.29 is 9.59 Å². The molecule has 4 aromatic carbocycles. The highest BCUT2D eigenvalue weighted by Crippen LogP contribution is 2.45. The summed E-state index contributed by atoms with van der Waals surface area (Å²) >= 11 is 0. The van der Waals surface area contributed by atoms with Gasteiger partial charge in [-0.1, -0.05) is 97.1 Å². The molecule has 5 aromatic rings. The van der Waals surface area contributed by atoms with Gasteiger partial charge in [0.05, 0.1) is 22.6 Å². The average molecular weight is 441 g/mol. The molecule has 0 fully saturated rings. The fraction of sp³-hybridized carbons (Fsp3) is 0. The summed E-state index contributed by atoms with van der Waals surface area (Å²) in [5.41, 5.74) is 12.5. The van der Waals surface area contributed by atoms with Gasteiger partial charge in [-0.15, -0.1) is 0 Å². The zero-order chi connectivity index (χ0) is 23.2. The van der Waals surface area contributed by atoms with Gasteiger partial charge >= 0.3 is 0 Å². The molecule has 0 saturated carbocycles. The lowest BCUT2D eigenvalue weighted by Crippen LogP contribution is -2.23. The summed E-state index contributed by atoms with van der Waals surface area (Å²) in [5.74, 6) is -0.345. The number of anilines is 1. The first-order valence-corrected chi connectivity index (χ1v) is 11.1. The quantitative estimate of drug-likeness (QED) is 0.335. The van der Waals surface area contributed by atoms with Crippen molar-refractivity contribution in [2.75, 3.05) is 5.73 Å². The highest BCUT2D eigenvalue weighted by molar-refractivity contribution is 6.31. The third-order valence-electron chi connectivity index (χ3n) is 6.32. The lowest BCUT2D eigenvalue weighted by atomic mass is 9.84. The molecular weight excluding hydrogens is 420 g/mol. The second-order valence-corrected chi connectivity index (χ2v) is 8.28. The van der Waals surface area contributed by atoms with E-state index in [1.165, 1.54) is 0 Å². The number of rotatable bonds is 3. The molecule has 1 heterocycles. The van der Waals surface area contributed by atoms with Crippen LogP contribution in [0.15, 0.2) is 109 Å². The van der Waals surface area contributed by atoms with E-state index in [0.29, 0.717) is 33.8 Å². The average Bonchev–Trinajstić information content (AvgIpc) is 3.25. The monoisotopic (exact) mass is 440 g/mol. The molecule has 0 saturated heterocycles. The molecule has 1 aliphatic rings. The molecule has 0 spiro atoms. The van der Waals surface area contributed by atoms with Gasteiger partial charge in [0.2, 0.25) is 5.78 Å². The van der Waals surface area contributed by atoms with Crippen LogP contribution in [0.2, 0.25) is 0 Å². The standard InChI is InChI=1S/C30H20N2O2/c31-23-17-9-10-18-24(23)32-27(20-13-5-2-6-14-20)25(19-11-3-1-4-12-19)26-28(32)30(34)22-16-8-7-15-21(22)29(26)33/h1-18H,31H2. The Labute approximate surface area is 196 Å². The van der Waals surface area contributed by atoms with Gasteiger partial charge in [-0.05, 0) is 23.3 Å². The number of aromatic nitrogens is 1. The fourth-order valence-corrected chi connectivity index (χ4v) is 4.84. The molecule has 0 bridgehead atoms. The van der Waals surface area contributed by atoms with Crippen molar-refractivity contribution in [1.29, 1.82) is 0 Å². The number of ketones is 2. The third kappa shape index (κ3) is 2.86. The minimum Gasteiger partial charge on any atom is -0.397 e. The highest BCUT2D eigenvalue weighted by Gasteiger charge is 2.39. The van der Waals surface area contributed by atoms with E-state index in [-0.39, 0.29) is 11.6 Å². The van der Waals surface area contributed by atoms with E-state index in [4.69, 9.17) is 5.73 Å². The Kier molecular flexibility index (Phi) is 4.52. The van der Waals surface area contributed by atoms with E-state index in [2.05, 4.69) is 0 Å². The van der Waals surface area contributed by atoms with Crippen molar-refractivity contribution in [1.82, 2.24) is 4.57 Å². The molecule has 1 aliphatic carbocycles. The molecule has 0 unspecified atom stereocenters. The van der Waals surface area contributed by atoms with Crippen LogP contribution in [0.25, 0.3) is 28.1 Å². The largest absolute Gasteiger partial charge is 0.397 e. The molecule has 34 heavy (non-hydrogen) atoms. The maximum atomic E-state index is 14.0. The van der Waals surface area contributed by atoms with Crippen molar-refractivity contribution in [3.63, 3.8) is 0 Å². The second-order valence-electron chi connectivity index (χ2n) is 8.28. The fourth-order valence-electron chi connectivity index (χ4n) is 4.84. The lowest BCUT2D eigenvalue weighted by Gasteiger charge is -2.19. The Morgan fingerprint density at radius 1 is 0.500 bits per heavy atom. The topological polar surface area (TPSA) is 65.1 Å². The van der Waals surface area contributed by atoms with Crippen molar-refractivity contribution in [3.05, 3.63) is 132 Å². The van der Waals surface area contributed by atoms with Crippen molar-refractivity contribution in [2.24, 2.45) is 0 Å². The minimum atomic E-state index is -0.187. The molecule has 0 atom stereocenters. The summed E-state index contributed by atoms with van der Waals surface area (Å²) in [7, 11) is 0. The van der Waals surface area contributed by atoms with Crippen LogP contribution < -0.4 is 5.73 Å². The number of para-hydroxylation sites is 2. The number of carbonyl (C=O) groups excluding carboxylic acids is 2. The van der Waals surface area contributed by atoms with Crippen LogP contribution in [0.4, 0.5) is 5.69 Å². The van der Waals surface area contributed by atoms with Crippen molar-refractivity contribution in [2.45, 2.75) is 0 Å². The van der Waals surface area contributed by atoms with Crippen LogP contribution in [0.3, 0.4) is 0 Å². The molecule has 162 valence electrons. The van der Waals surface area contributed by atoms with Gasteiger partial charge in [0, 0.05) is 16.7 Å².